The van der Waals surface area contributed by atoms with Gasteiger partial charge in [0.1, 0.15) is 0 Å². The highest BCUT2D eigenvalue weighted by atomic mass is 32.1. The lowest BCUT2D eigenvalue weighted by Crippen LogP contribution is -2.33. The first-order valence-corrected chi connectivity index (χ1v) is 6.87. The van der Waals surface area contributed by atoms with E-state index in [2.05, 4.69) is 40.9 Å². The second-order valence-corrected chi connectivity index (χ2v) is 5.32. The molecule has 0 saturated heterocycles. The number of hydrogen-bond acceptors (Lipinski definition) is 4. The van der Waals surface area contributed by atoms with Crippen LogP contribution in [0.2, 0.25) is 0 Å². The van der Waals surface area contributed by atoms with E-state index in [1.807, 2.05) is 0 Å². The Morgan fingerprint density at radius 1 is 1.53 bits per heavy atom. The maximum absolute atomic E-state index is 5.50. The summed E-state index contributed by atoms with van der Waals surface area (Å²) in [4.78, 5) is 5.69. The van der Waals surface area contributed by atoms with Crippen LogP contribution in [0.3, 0.4) is 0 Å². The summed E-state index contributed by atoms with van der Waals surface area (Å²) in [6.45, 7) is 7.96. The van der Waals surface area contributed by atoms with Crippen LogP contribution in [0.4, 0.5) is 0 Å². The molecule has 0 bridgehead atoms. The molecule has 0 aliphatic carbocycles. The molecule has 0 aliphatic heterocycles. The molecule has 2 aromatic rings. The van der Waals surface area contributed by atoms with E-state index in [9.17, 15) is 0 Å². The van der Waals surface area contributed by atoms with Crippen LogP contribution in [0.15, 0.2) is 5.38 Å². The summed E-state index contributed by atoms with van der Waals surface area (Å²) in [6.07, 6.45) is 0.991. The van der Waals surface area contributed by atoms with Gasteiger partial charge >= 0.3 is 0 Å². The van der Waals surface area contributed by atoms with Crippen LogP contribution in [0, 0.1) is 13.8 Å². The average Bonchev–Trinajstić information content (AvgIpc) is 2.78. The van der Waals surface area contributed by atoms with E-state index in [1.54, 1.807) is 11.3 Å². The summed E-state index contributed by atoms with van der Waals surface area (Å²) in [5.41, 5.74) is 9.23. The lowest BCUT2D eigenvalue weighted by atomic mass is 10.1. The van der Waals surface area contributed by atoms with Crippen molar-refractivity contribution in [2.75, 3.05) is 13.1 Å². The molecule has 0 radical (unpaired) electrons. The van der Waals surface area contributed by atoms with E-state index in [-0.39, 0.29) is 0 Å². The molecule has 5 heteroatoms. The van der Waals surface area contributed by atoms with Gasteiger partial charge in [0.2, 0.25) is 0 Å². The zero-order valence-corrected chi connectivity index (χ0v) is 11.5. The quantitative estimate of drug-likeness (QED) is 0.848. The lowest BCUT2D eigenvalue weighted by molar-refractivity contribution is 0.544. The van der Waals surface area contributed by atoms with Crippen LogP contribution >= 0.6 is 11.3 Å². The molecule has 2 heterocycles. The lowest BCUT2D eigenvalue weighted by Gasteiger charge is -2.13. The fraction of sp³-hybridized carbons (Fsp3) is 0.583. The van der Waals surface area contributed by atoms with Crippen LogP contribution in [-0.4, -0.2) is 28.5 Å². The maximum Gasteiger partial charge on any atom is 0.194 e. The van der Waals surface area contributed by atoms with Gasteiger partial charge in [-0.1, -0.05) is 0 Å². The largest absolute Gasteiger partial charge is 0.329 e. The predicted octanol–water partition coefficient (Wildman–Crippen LogP) is 1.49. The van der Waals surface area contributed by atoms with Crippen LogP contribution < -0.4 is 11.1 Å². The van der Waals surface area contributed by atoms with Gasteiger partial charge in [0.25, 0.3) is 0 Å². The number of aryl methyl sites for hydroxylation is 2. The van der Waals surface area contributed by atoms with Crippen molar-refractivity contribution in [1.29, 1.82) is 0 Å². The van der Waals surface area contributed by atoms with Crippen LogP contribution in [0.5, 0.6) is 0 Å². The normalized spacial score (nSPS) is 13.4. The Hall–Kier alpha value is -0.910. The molecule has 1 atom stereocenters. The molecule has 2 rings (SSSR count). The van der Waals surface area contributed by atoms with E-state index < -0.39 is 0 Å². The van der Waals surface area contributed by atoms with Crippen molar-refractivity contribution in [3.8, 4) is 0 Å². The summed E-state index contributed by atoms with van der Waals surface area (Å²) < 4.78 is 2.26. The Labute approximate surface area is 106 Å². The van der Waals surface area contributed by atoms with E-state index in [1.165, 1.54) is 11.4 Å². The van der Waals surface area contributed by atoms with Gasteiger partial charge in [-0.05, 0) is 20.8 Å². The Balaban J connectivity index is 2.22. The number of hydrogen-bond donors (Lipinski definition) is 2. The number of nitrogens with one attached hydrogen (secondary N) is 1. The smallest absolute Gasteiger partial charge is 0.194 e. The van der Waals surface area contributed by atoms with Crippen LogP contribution in [0.25, 0.3) is 4.96 Å². The van der Waals surface area contributed by atoms with Crippen molar-refractivity contribution in [1.82, 2.24) is 14.7 Å². The zero-order chi connectivity index (χ0) is 12.4. The van der Waals surface area contributed by atoms with Gasteiger partial charge in [0.05, 0.1) is 5.69 Å². The molecule has 2 aromatic heterocycles. The number of imidazole rings is 1. The number of fused-ring (bicyclic) bond motifs is 1. The molecule has 0 amide bonds. The number of aromatic nitrogens is 2. The molecule has 4 nitrogen and oxygen atoms in total. The molecule has 0 aliphatic rings. The van der Waals surface area contributed by atoms with E-state index in [0.29, 0.717) is 12.6 Å². The maximum atomic E-state index is 5.50. The summed E-state index contributed by atoms with van der Waals surface area (Å²) in [6, 6.07) is 0.427. The Morgan fingerprint density at radius 2 is 2.29 bits per heavy atom. The third-order valence-electron chi connectivity index (χ3n) is 2.97. The molecule has 0 spiro atoms. The molecule has 94 valence electrons. The van der Waals surface area contributed by atoms with Gasteiger partial charge < -0.3 is 11.1 Å². The number of rotatable bonds is 5. The van der Waals surface area contributed by atoms with Crippen molar-refractivity contribution >= 4 is 16.3 Å². The number of nitrogens with two attached hydrogens (primary N) is 1. The van der Waals surface area contributed by atoms with Gasteiger partial charge in [0.15, 0.2) is 4.96 Å². The van der Waals surface area contributed by atoms with Crippen LogP contribution in [0.1, 0.15) is 24.0 Å². The van der Waals surface area contributed by atoms with Crippen molar-refractivity contribution in [2.24, 2.45) is 5.73 Å². The monoisotopic (exact) mass is 252 g/mol. The second kappa shape index (κ2) is 5.16. The van der Waals surface area contributed by atoms with Crippen molar-refractivity contribution in [2.45, 2.75) is 33.2 Å². The molecular weight excluding hydrogens is 232 g/mol. The molecule has 0 saturated carbocycles. The van der Waals surface area contributed by atoms with E-state index in [4.69, 9.17) is 5.73 Å². The molecule has 3 N–H and O–H groups in total. The van der Waals surface area contributed by atoms with Crippen LogP contribution in [-0.2, 0) is 6.42 Å². The van der Waals surface area contributed by atoms with Gasteiger partial charge in [-0.25, -0.2) is 4.98 Å². The molecule has 1 unspecified atom stereocenters. The number of nitrogens with zero attached hydrogens (tertiary/aromatic N) is 2. The minimum absolute atomic E-state index is 0.427. The first kappa shape index (κ1) is 12.5. The molecule has 0 fully saturated rings. The third kappa shape index (κ3) is 2.51. The van der Waals surface area contributed by atoms with E-state index >= 15 is 0 Å². The minimum Gasteiger partial charge on any atom is -0.329 e. The Bertz CT molecular complexity index is 500. The second-order valence-electron chi connectivity index (χ2n) is 4.49. The Kier molecular flexibility index (Phi) is 3.81. The summed E-state index contributed by atoms with van der Waals surface area (Å²) in [7, 11) is 0. The fourth-order valence-corrected chi connectivity index (χ4v) is 3.03. The first-order chi connectivity index (χ1) is 8.13. The summed E-state index contributed by atoms with van der Waals surface area (Å²) >= 11 is 1.71. The zero-order valence-electron chi connectivity index (χ0n) is 10.7. The third-order valence-corrected chi connectivity index (χ3v) is 3.91. The van der Waals surface area contributed by atoms with Crippen molar-refractivity contribution < 1.29 is 0 Å². The highest BCUT2D eigenvalue weighted by Gasteiger charge is 2.14. The topological polar surface area (TPSA) is 55.3 Å². The number of thiazole rings is 1. The minimum atomic E-state index is 0.427. The predicted molar refractivity (Wildman–Crippen MR) is 72.8 cm³/mol. The van der Waals surface area contributed by atoms with Crippen molar-refractivity contribution in [3.05, 3.63) is 22.5 Å². The average molecular weight is 252 g/mol. The molecular formula is C12H20N4S. The van der Waals surface area contributed by atoms with Gasteiger partial charge in [-0.2, -0.15) is 0 Å². The summed E-state index contributed by atoms with van der Waals surface area (Å²) in [5.74, 6) is 0. The highest BCUT2D eigenvalue weighted by molar-refractivity contribution is 7.15. The van der Waals surface area contributed by atoms with E-state index in [0.717, 1.165) is 23.6 Å². The highest BCUT2D eigenvalue weighted by Crippen LogP contribution is 2.21. The molecule has 0 aromatic carbocycles. The fourth-order valence-electron chi connectivity index (χ4n) is 2.10. The van der Waals surface area contributed by atoms with Gasteiger partial charge in [-0.15, -0.1) is 11.3 Å². The van der Waals surface area contributed by atoms with Gasteiger partial charge in [0, 0.05) is 42.3 Å². The summed E-state index contributed by atoms with van der Waals surface area (Å²) in [5, 5.41) is 5.57. The molecule has 17 heavy (non-hydrogen) atoms. The van der Waals surface area contributed by atoms with Crippen molar-refractivity contribution in [3.63, 3.8) is 0 Å². The van der Waals surface area contributed by atoms with Gasteiger partial charge in [-0.3, -0.25) is 4.40 Å². The first-order valence-electron chi connectivity index (χ1n) is 5.99. The Morgan fingerprint density at radius 3 is 3.00 bits per heavy atom. The SMILES string of the molecule is Cc1nc2scc(C)n2c1CC(C)NCCN. The standard InChI is InChI=1S/C12H20N4S/c1-8(14-5-4-13)6-11-10(3)15-12-16(11)9(2)7-17-12/h7-8,14H,4-6,13H2,1-3H3.